The summed E-state index contributed by atoms with van der Waals surface area (Å²) >= 11 is 5.70. The molecule has 0 bridgehead atoms. The van der Waals surface area contributed by atoms with Crippen LogP contribution in [0, 0.1) is 5.41 Å². The summed E-state index contributed by atoms with van der Waals surface area (Å²) in [4.78, 5) is 11.3. The summed E-state index contributed by atoms with van der Waals surface area (Å²) in [7, 11) is -2.32. The van der Waals surface area contributed by atoms with Crippen molar-refractivity contribution in [2.75, 3.05) is 13.7 Å². The second-order valence-electron chi connectivity index (χ2n) is 4.59. The van der Waals surface area contributed by atoms with E-state index in [0.29, 0.717) is 5.02 Å². The van der Waals surface area contributed by atoms with Crippen LogP contribution in [0.4, 0.5) is 0 Å². The van der Waals surface area contributed by atoms with Crippen LogP contribution in [0.2, 0.25) is 5.02 Å². The van der Waals surface area contributed by atoms with E-state index in [1.165, 1.54) is 31.4 Å². The van der Waals surface area contributed by atoms with Gasteiger partial charge in [-0.3, -0.25) is 4.79 Å². The maximum absolute atomic E-state index is 12.3. The average molecular weight is 305 g/mol. The van der Waals surface area contributed by atoms with Crippen LogP contribution < -0.4 is 0 Å². The van der Waals surface area contributed by atoms with Gasteiger partial charge in [0.25, 0.3) is 0 Å². The third-order valence-corrected chi connectivity index (χ3v) is 5.90. The molecule has 2 unspecified atom stereocenters. The van der Waals surface area contributed by atoms with E-state index < -0.39 is 26.5 Å². The van der Waals surface area contributed by atoms with Crippen LogP contribution in [-0.4, -0.2) is 38.5 Å². The van der Waals surface area contributed by atoms with Gasteiger partial charge in [0, 0.05) is 12.1 Å². The van der Waals surface area contributed by atoms with E-state index >= 15 is 0 Å². The highest BCUT2D eigenvalue weighted by Crippen LogP contribution is 2.53. The molecule has 2 rings (SSSR count). The molecule has 0 amide bonds. The topological polar surface area (TPSA) is 80.7 Å². The molecule has 1 aromatic carbocycles. The first-order valence-electron chi connectivity index (χ1n) is 5.56. The van der Waals surface area contributed by atoms with Gasteiger partial charge in [0.05, 0.1) is 16.8 Å². The standard InChI is InChI=1S/C12H13ClO5S/c1-18-7-12(11(14)15)6-10(12)19(16,17)9-4-2-8(13)3-5-9/h2-5,10H,6-7H2,1H3,(H,14,15). The number of carboxylic acids is 1. The van der Waals surface area contributed by atoms with Gasteiger partial charge in [-0.2, -0.15) is 0 Å². The van der Waals surface area contributed by atoms with Crippen molar-refractivity contribution in [2.45, 2.75) is 16.6 Å². The third kappa shape index (κ3) is 2.35. The number of hydrogen-bond acceptors (Lipinski definition) is 4. The van der Waals surface area contributed by atoms with Gasteiger partial charge < -0.3 is 9.84 Å². The Morgan fingerprint density at radius 2 is 2.05 bits per heavy atom. The predicted molar refractivity (Wildman–Crippen MR) is 69.0 cm³/mol. The van der Waals surface area contributed by atoms with Gasteiger partial charge in [-0.25, -0.2) is 8.42 Å². The molecular formula is C12H13ClO5S. The quantitative estimate of drug-likeness (QED) is 0.893. The van der Waals surface area contributed by atoms with E-state index in [9.17, 15) is 18.3 Å². The molecule has 1 saturated carbocycles. The zero-order chi connectivity index (χ0) is 14.3. The lowest BCUT2D eigenvalue weighted by Gasteiger charge is -2.11. The van der Waals surface area contributed by atoms with Crippen molar-refractivity contribution in [1.29, 1.82) is 0 Å². The van der Waals surface area contributed by atoms with Crippen LogP contribution in [0.25, 0.3) is 0 Å². The Kier molecular flexibility index (Phi) is 3.59. The van der Waals surface area contributed by atoms with Crippen LogP contribution >= 0.6 is 11.6 Å². The molecule has 19 heavy (non-hydrogen) atoms. The number of carbonyl (C=O) groups is 1. The predicted octanol–water partition coefficient (Wildman–Crippen LogP) is 1.60. The summed E-state index contributed by atoms with van der Waals surface area (Å²) in [5, 5.41) is 8.68. The van der Waals surface area contributed by atoms with Gasteiger partial charge in [-0.05, 0) is 30.7 Å². The number of benzene rings is 1. The van der Waals surface area contributed by atoms with Crippen LogP contribution in [0.3, 0.4) is 0 Å². The van der Waals surface area contributed by atoms with Crippen molar-refractivity contribution in [3.63, 3.8) is 0 Å². The minimum Gasteiger partial charge on any atom is -0.481 e. The molecule has 104 valence electrons. The van der Waals surface area contributed by atoms with Gasteiger partial charge in [0.15, 0.2) is 9.84 Å². The fourth-order valence-electron chi connectivity index (χ4n) is 2.16. The molecule has 7 heteroatoms. The van der Waals surface area contributed by atoms with E-state index in [4.69, 9.17) is 16.3 Å². The molecule has 0 saturated heterocycles. The Morgan fingerprint density at radius 1 is 1.47 bits per heavy atom. The van der Waals surface area contributed by atoms with Crippen molar-refractivity contribution >= 4 is 27.4 Å². The van der Waals surface area contributed by atoms with Gasteiger partial charge in [0.2, 0.25) is 0 Å². The molecule has 0 aromatic heterocycles. The molecule has 1 aliphatic rings. The molecule has 0 heterocycles. The molecule has 0 aliphatic heterocycles. The Balaban J connectivity index is 2.33. The Labute approximate surface area is 116 Å². The minimum atomic E-state index is -3.68. The molecular weight excluding hydrogens is 292 g/mol. The number of rotatable bonds is 5. The van der Waals surface area contributed by atoms with Crippen molar-refractivity contribution in [1.82, 2.24) is 0 Å². The Bertz CT molecular complexity index is 595. The summed E-state index contributed by atoms with van der Waals surface area (Å²) in [5.74, 6) is -1.14. The lowest BCUT2D eigenvalue weighted by atomic mass is 10.1. The zero-order valence-electron chi connectivity index (χ0n) is 10.2. The lowest BCUT2D eigenvalue weighted by molar-refractivity contribution is -0.145. The highest BCUT2D eigenvalue weighted by atomic mass is 35.5. The smallest absolute Gasteiger partial charge is 0.313 e. The molecule has 5 nitrogen and oxygen atoms in total. The van der Waals surface area contributed by atoms with Crippen molar-refractivity contribution in [3.05, 3.63) is 29.3 Å². The number of halogens is 1. The number of sulfone groups is 1. The monoisotopic (exact) mass is 304 g/mol. The highest BCUT2D eigenvalue weighted by Gasteiger charge is 2.67. The van der Waals surface area contributed by atoms with E-state index in [1.807, 2.05) is 0 Å². The van der Waals surface area contributed by atoms with Crippen molar-refractivity contribution in [3.8, 4) is 0 Å². The second kappa shape index (κ2) is 4.77. The van der Waals surface area contributed by atoms with E-state index in [0.717, 1.165) is 0 Å². The zero-order valence-corrected chi connectivity index (χ0v) is 11.7. The Morgan fingerprint density at radius 3 is 2.53 bits per heavy atom. The summed E-state index contributed by atoms with van der Waals surface area (Å²) in [5.41, 5.74) is -1.33. The number of aliphatic carboxylic acids is 1. The van der Waals surface area contributed by atoms with Gasteiger partial charge in [-0.1, -0.05) is 11.6 Å². The summed E-state index contributed by atoms with van der Waals surface area (Å²) < 4.78 is 29.5. The van der Waals surface area contributed by atoms with Crippen LogP contribution in [-0.2, 0) is 19.4 Å². The van der Waals surface area contributed by atoms with Crippen molar-refractivity contribution < 1.29 is 23.1 Å². The Hall–Kier alpha value is -1.11. The van der Waals surface area contributed by atoms with Gasteiger partial charge >= 0.3 is 5.97 Å². The third-order valence-electron chi connectivity index (χ3n) is 3.35. The summed E-state index contributed by atoms with van der Waals surface area (Å²) in [6.45, 7) is -0.111. The first-order chi connectivity index (χ1) is 8.84. The first-order valence-corrected chi connectivity index (χ1v) is 7.49. The van der Waals surface area contributed by atoms with Gasteiger partial charge in [0.1, 0.15) is 5.41 Å². The number of methoxy groups -OCH3 is 1. The highest BCUT2D eigenvalue weighted by molar-refractivity contribution is 7.92. The number of hydrogen-bond donors (Lipinski definition) is 1. The van der Waals surface area contributed by atoms with E-state index in [-0.39, 0.29) is 17.9 Å². The van der Waals surface area contributed by atoms with E-state index in [1.54, 1.807) is 0 Å². The molecule has 0 spiro atoms. The van der Waals surface area contributed by atoms with Crippen LogP contribution in [0.5, 0.6) is 0 Å². The first kappa shape index (κ1) is 14.3. The number of carboxylic acid groups (broad SMARTS) is 1. The number of ether oxygens (including phenoxy) is 1. The van der Waals surface area contributed by atoms with E-state index in [2.05, 4.69) is 0 Å². The lowest BCUT2D eigenvalue weighted by Crippen LogP contribution is -2.28. The normalized spacial score (nSPS) is 26.1. The summed E-state index contributed by atoms with van der Waals surface area (Å²) in [6, 6.07) is 5.70. The summed E-state index contributed by atoms with van der Waals surface area (Å²) in [6.07, 6.45) is 0.0706. The molecule has 2 atom stereocenters. The molecule has 1 aromatic rings. The fourth-order valence-corrected chi connectivity index (χ4v) is 4.41. The van der Waals surface area contributed by atoms with Gasteiger partial charge in [-0.15, -0.1) is 0 Å². The minimum absolute atomic E-state index is 0.0706. The SMILES string of the molecule is COCC1(C(=O)O)CC1S(=O)(=O)c1ccc(Cl)cc1. The fraction of sp³-hybridized carbons (Fsp3) is 0.417. The maximum atomic E-state index is 12.3. The average Bonchev–Trinajstić information content (AvgIpc) is 3.07. The molecule has 1 aliphatic carbocycles. The second-order valence-corrected chi connectivity index (χ2v) is 7.15. The molecule has 1 fully saturated rings. The van der Waals surface area contributed by atoms with Crippen molar-refractivity contribution in [2.24, 2.45) is 5.41 Å². The molecule has 0 radical (unpaired) electrons. The largest absolute Gasteiger partial charge is 0.481 e. The maximum Gasteiger partial charge on any atom is 0.313 e. The van der Waals surface area contributed by atoms with Crippen LogP contribution in [0.15, 0.2) is 29.2 Å². The molecule has 1 N–H and O–H groups in total. The van der Waals surface area contributed by atoms with Crippen LogP contribution in [0.1, 0.15) is 6.42 Å².